The summed E-state index contributed by atoms with van der Waals surface area (Å²) in [6, 6.07) is 3.49. The first-order chi connectivity index (χ1) is 6.04. The third-order valence-corrected chi connectivity index (χ3v) is 1.07. The first kappa shape index (κ1) is 20.1. The Balaban J connectivity index is -0.000000213. The number of ketones is 1. The van der Waals surface area contributed by atoms with Crippen molar-refractivity contribution in [2.24, 2.45) is 0 Å². The van der Waals surface area contributed by atoms with Gasteiger partial charge in [-0.1, -0.05) is 0 Å². The number of nitrogens with zero attached hydrogens (tertiary/aromatic N) is 1. The van der Waals surface area contributed by atoms with Gasteiger partial charge in [0, 0.05) is 18.0 Å². The molecule has 0 unspecified atom stereocenters. The molecule has 1 aromatic rings. The topological polar surface area (TPSA) is 47.0 Å². The average Bonchev–Trinajstić information content (AvgIpc) is 2.05. The normalized spacial score (nSPS) is 7.07. The Morgan fingerprint density at radius 3 is 1.93 bits per heavy atom. The summed E-state index contributed by atoms with van der Waals surface area (Å²) in [5.74, 6) is 0.0584. The largest absolute Gasteiger partial charge is 1.00 e. The van der Waals surface area contributed by atoms with Gasteiger partial charge in [-0.2, -0.15) is 0 Å². The molecular formula is C9H10Cl2FeNO2. The van der Waals surface area contributed by atoms with Gasteiger partial charge >= 0.3 is 32.4 Å². The zero-order chi connectivity index (χ0) is 10.3. The van der Waals surface area contributed by atoms with Crippen LogP contribution >= 0.6 is 0 Å². The van der Waals surface area contributed by atoms with Crippen LogP contribution in [0.2, 0.25) is 0 Å². The van der Waals surface area contributed by atoms with Crippen molar-refractivity contribution < 1.29 is 50.4 Å². The van der Waals surface area contributed by atoms with Crippen LogP contribution in [0.25, 0.3) is 0 Å². The fourth-order valence-corrected chi connectivity index (χ4v) is 0.571. The Bertz CT molecular complexity index is 289. The second kappa shape index (κ2) is 11.7. The van der Waals surface area contributed by atoms with Crippen LogP contribution in [0, 0.1) is 0 Å². The van der Waals surface area contributed by atoms with Gasteiger partial charge in [0.25, 0.3) is 0 Å². The standard InChI is InChI=1S/C7H7NO.C2H3O.2ClH.Fe/c1-6(9)7-3-2-4-8-5-7;1-2-3;;;/h2-5H,1H3;1H3;2*1H;/q;;;;+2/p-2. The molecule has 0 atom stereocenters. The smallest absolute Gasteiger partial charge is 1.00 e. The molecule has 0 fully saturated rings. The monoisotopic (exact) mass is 290 g/mol. The quantitative estimate of drug-likeness (QED) is 0.386. The van der Waals surface area contributed by atoms with Crippen LogP contribution in [0.3, 0.4) is 0 Å². The van der Waals surface area contributed by atoms with E-state index in [1.165, 1.54) is 13.8 Å². The van der Waals surface area contributed by atoms with Crippen LogP contribution in [0.1, 0.15) is 24.2 Å². The molecule has 0 spiro atoms. The zero-order valence-electron chi connectivity index (χ0n) is 8.18. The van der Waals surface area contributed by atoms with Crippen molar-refractivity contribution in [2.45, 2.75) is 13.8 Å². The maximum atomic E-state index is 10.6. The van der Waals surface area contributed by atoms with Crippen LogP contribution in [-0.2, 0) is 20.8 Å². The van der Waals surface area contributed by atoms with Gasteiger partial charge in [0.1, 0.15) is 0 Å². The summed E-state index contributed by atoms with van der Waals surface area (Å²) in [6.45, 7) is 2.94. The number of pyridine rings is 1. The van der Waals surface area contributed by atoms with Crippen molar-refractivity contribution in [2.75, 3.05) is 0 Å². The van der Waals surface area contributed by atoms with E-state index in [2.05, 4.69) is 21.0 Å². The van der Waals surface area contributed by atoms with Crippen molar-refractivity contribution >= 4 is 10.5 Å². The van der Waals surface area contributed by atoms with Gasteiger partial charge in [-0.15, -0.1) is 0 Å². The number of aromatic nitrogens is 1. The molecule has 3 nitrogen and oxygen atoms in total. The Morgan fingerprint density at radius 2 is 1.73 bits per heavy atom. The molecule has 0 saturated heterocycles. The average molecular weight is 291 g/mol. The molecule has 0 aliphatic rings. The summed E-state index contributed by atoms with van der Waals surface area (Å²) >= 11 is 3.00. The maximum absolute atomic E-state index is 10.6. The van der Waals surface area contributed by atoms with E-state index >= 15 is 0 Å². The summed E-state index contributed by atoms with van der Waals surface area (Å²) in [5.41, 5.74) is 0.664. The van der Waals surface area contributed by atoms with E-state index in [0.717, 1.165) is 0 Å². The Kier molecular flexibility index (Phi) is 15.6. The number of Topliss-reactive ketones (excluding diaryl/α,β-unsaturated/α-hetero) is 1. The van der Waals surface area contributed by atoms with Crippen LogP contribution in [0.15, 0.2) is 24.5 Å². The Morgan fingerprint density at radius 1 is 1.27 bits per heavy atom. The second-order valence-electron chi connectivity index (χ2n) is 2.25. The fraction of sp³-hybridized carbons (Fsp3) is 0.222. The summed E-state index contributed by atoms with van der Waals surface area (Å²) in [4.78, 5) is 23.7. The third-order valence-electron chi connectivity index (χ3n) is 1.07. The molecule has 1 heterocycles. The van der Waals surface area contributed by atoms with Gasteiger partial charge in [0.05, 0.1) is 0 Å². The van der Waals surface area contributed by atoms with Gasteiger partial charge in [-0.05, 0) is 19.1 Å². The number of carbonyl (C=O) groups is 2. The first-order valence-corrected chi connectivity index (χ1v) is 4.15. The molecule has 0 bridgehead atoms. The van der Waals surface area contributed by atoms with Crippen LogP contribution < -0.4 is 24.8 Å². The zero-order valence-corrected chi connectivity index (χ0v) is 10.8. The van der Waals surface area contributed by atoms with Crippen molar-refractivity contribution in [1.29, 1.82) is 0 Å². The second-order valence-corrected chi connectivity index (χ2v) is 3.03. The molecular weight excluding hydrogens is 281 g/mol. The first-order valence-electron chi connectivity index (χ1n) is 3.60. The molecule has 1 aromatic heterocycles. The number of hydrogen-bond acceptors (Lipinski definition) is 3. The van der Waals surface area contributed by atoms with Crippen LogP contribution in [0.5, 0.6) is 0 Å². The molecule has 0 aliphatic carbocycles. The van der Waals surface area contributed by atoms with Crippen molar-refractivity contribution in [3.8, 4) is 0 Å². The van der Waals surface area contributed by atoms with E-state index in [1.54, 1.807) is 24.5 Å². The minimum Gasteiger partial charge on any atom is -1.00 e. The minimum absolute atomic E-state index is 0. The van der Waals surface area contributed by atoms with E-state index in [0.29, 0.717) is 5.56 Å². The molecule has 15 heavy (non-hydrogen) atoms. The van der Waals surface area contributed by atoms with Crippen molar-refractivity contribution in [3.05, 3.63) is 30.1 Å². The van der Waals surface area contributed by atoms with E-state index in [9.17, 15) is 9.59 Å². The summed E-state index contributed by atoms with van der Waals surface area (Å²) < 4.78 is -0.0833. The minimum atomic E-state index is -0.0833. The molecule has 0 radical (unpaired) electrons. The van der Waals surface area contributed by atoms with Crippen molar-refractivity contribution in [3.63, 3.8) is 0 Å². The van der Waals surface area contributed by atoms with Crippen molar-refractivity contribution in [1.82, 2.24) is 4.98 Å². The predicted molar refractivity (Wildman–Crippen MR) is 44.9 cm³/mol. The number of halogens is 2. The van der Waals surface area contributed by atoms with E-state index in [4.69, 9.17) is 0 Å². The number of rotatable bonds is 1. The van der Waals surface area contributed by atoms with Gasteiger partial charge in [0.2, 0.25) is 0 Å². The van der Waals surface area contributed by atoms with Crippen LogP contribution in [-0.4, -0.2) is 15.4 Å². The molecule has 0 amide bonds. The molecule has 0 aliphatic heterocycles. The fourth-order valence-electron chi connectivity index (χ4n) is 0.571. The predicted octanol–water partition coefficient (Wildman–Crippen LogP) is -4.63. The van der Waals surface area contributed by atoms with E-state index < -0.39 is 0 Å². The molecule has 6 heteroatoms. The molecule has 0 saturated carbocycles. The van der Waals surface area contributed by atoms with Gasteiger partial charge in [0.15, 0.2) is 5.78 Å². The summed E-state index contributed by atoms with van der Waals surface area (Å²) in [5, 5.41) is 0. The Labute approximate surface area is 110 Å². The SMILES string of the molecule is CC(=O)c1cccnc1.C[C](=O)[Fe+2].[Cl-].[Cl-]. The summed E-state index contributed by atoms with van der Waals surface area (Å²) in [6.07, 6.45) is 3.20. The summed E-state index contributed by atoms with van der Waals surface area (Å²) in [7, 11) is 0. The van der Waals surface area contributed by atoms with E-state index in [-0.39, 0.29) is 35.3 Å². The molecule has 1 rings (SSSR count). The molecule has 0 aromatic carbocycles. The number of hydrogen-bond donors (Lipinski definition) is 0. The number of carbonyl (C=O) groups excluding carboxylic acids is 2. The van der Waals surface area contributed by atoms with E-state index in [1.807, 2.05) is 0 Å². The Hall–Kier alpha value is -0.411. The third kappa shape index (κ3) is 13.6. The van der Waals surface area contributed by atoms with Crippen LogP contribution in [0.4, 0.5) is 0 Å². The van der Waals surface area contributed by atoms with Gasteiger partial charge in [-0.3, -0.25) is 9.78 Å². The van der Waals surface area contributed by atoms with Gasteiger partial charge in [-0.25, -0.2) is 0 Å². The molecule has 85 valence electrons. The molecule has 0 N–H and O–H groups in total. The maximum Gasteiger partial charge on any atom is -1.00 e. The van der Waals surface area contributed by atoms with Gasteiger partial charge < -0.3 is 24.8 Å².